The Bertz CT molecular complexity index is 299. The molecule has 4 nitrogen and oxygen atoms in total. The van der Waals surface area contributed by atoms with Gasteiger partial charge in [0.15, 0.2) is 0 Å². The van der Waals surface area contributed by atoms with Crippen molar-refractivity contribution in [1.29, 1.82) is 0 Å². The number of carbonyl (C=O) groups is 1. The Balaban J connectivity index is 1.84. The largest absolute Gasteiger partial charge is 0.444 e. The second-order valence-corrected chi connectivity index (χ2v) is 7.38. The van der Waals surface area contributed by atoms with Crippen molar-refractivity contribution >= 4 is 28.7 Å². The number of rotatable bonds is 2. The molecule has 1 amide bonds. The molecule has 2 fully saturated rings. The number of carbonyl (C=O) groups excluding carboxylic acids is 1. The molecule has 17 heavy (non-hydrogen) atoms. The molecule has 2 rings (SSSR count). The summed E-state index contributed by atoms with van der Waals surface area (Å²) >= 11 is 2.37. The Kier molecular flexibility index (Phi) is 3.87. The summed E-state index contributed by atoms with van der Waals surface area (Å²) in [6, 6.07) is 0. The lowest BCUT2D eigenvalue weighted by molar-refractivity contribution is 0.0188. The molecule has 0 aromatic heterocycles. The van der Waals surface area contributed by atoms with E-state index in [1.807, 2.05) is 20.8 Å². The quantitative estimate of drug-likeness (QED) is 0.566. The van der Waals surface area contributed by atoms with Gasteiger partial charge < -0.3 is 14.4 Å². The minimum absolute atomic E-state index is 0.176. The lowest BCUT2D eigenvalue weighted by Gasteiger charge is -2.24. The fraction of sp³-hybridized carbons (Fsp3) is 0.917. The van der Waals surface area contributed by atoms with E-state index >= 15 is 0 Å². The van der Waals surface area contributed by atoms with Crippen molar-refractivity contribution in [2.24, 2.45) is 0 Å². The second-order valence-electron chi connectivity index (χ2n) is 5.78. The highest BCUT2D eigenvalue weighted by Crippen LogP contribution is 2.31. The molecule has 98 valence electrons. The molecule has 1 saturated heterocycles. The molecule has 0 radical (unpaired) electrons. The first kappa shape index (κ1) is 13.4. The number of hydrogen-bond acceptors (Lipinski definition) is 3. The summed E-state index contributed by atoms with van der Waals surface area (Å²) in [4.78, 5) is 13.7. The summed E-state index contributed by atoms with van der Waals surface area (Å²) in [6.07, 6.45) is 2.74. The first-order chi connectivity index (χ1) is 7.85. The lowest BCUT2D eigenvalue weighted by atomic mass is 10.2. The molecular formula is C12H20INO3. The summed E-state index contributed by atoms with van der Waals surface area (Å²) in [5, 5.41) is 0. The third-order valence-corrected chi connectivity index (χ3v) is 3.94. The van der Waals surface area contributed by atoms with E-state index in [1.54, 1.807) is 4.90 Å². The van der Waals surface area contributed by atoms with Crippen LogP contribution < -0.4 is 0 Å². The number of halogens is 1. The van der Waals surface area contributed by atoms with Crippen LogP contribution in [0.5, 0.6) is 0 Å². The minimum atomic E-state index is -0.423. The summed E-state index contributed by atoms with van der Waals surface area (Å²) in [6.45, 7) is 7.06. The second kappa shape index (κ2) is 4.91. The van der Waals surface area contributed by atoms with Crippen LogP contribution in [0.2, 0.25) is 0 Å². The maximum Gasteiger partial charge on any atom is 0.410 e. The van der Waals surface area contributed by atoms with E-state index in [2.05, 4.69) is 22.6 Å². The monoisotopic (exact) mass is 353 g/mol. The van der Waals surface area contributed by atoms with E-state index in [4.69, 9.17) is 9.47 Å². The van der Waals surface area contributed by atoms with Crippen LogP contribution in [-0.4, -0.2) is 45.8 Å². The zero-order valence-electron chi connectivity index (χ0n) is 10.6. The number of alkyl halides is 1. The van der Waals surface area contributed by atoms with Gasteiger partial charge in [-0.3, -0.25) is 0 Å². The summed E-state index contributed by atoms with van der Waals surface area (Å²) in [5.74, 6) is 0. The number of hydrogen-bond donors (Lipinski definition) is 0. The molecule has 0 N–H and O–H groups in total. The van der Waals surface area contributed by atoms with Crippen LogP contribution in [-0.2, 0) is 9.47 Å². The Morgan fingerprint density at radius 1 is 1.29 bits per heavy atom. The number of likely N-dealkylation sites (tertiary alicyclic amines) is 1. The van der Waals surface area contributed by atoms with E-state index in [9.17, 15) is 4.79 Å². The van der Waals surface area contributed by atoms with Gasteiger partial charge in [-0.2, -0.15) is 0 Å². The van der Waals surface area contributed by atoms with Gasteiger partial charge in [0.05, 0.1) is 22.7 Å². The molecule has 0 spiro atoms. The van der Waals surface area contributed by atoms with Crippen LogP contribution in [0.25, 0.3) is 0 Å². The summed E-state index contributed by atoms with van der Waals surface area (Å²) in [7, 11) is 0. The van der Waals surface area contributed by atoms with E-state index in [0.717, 1.165) is 6.54 Å². The number of nitrogens with zero attached hydrogens (tertiary/aromatic N) is 1. The zero-order valence-corrected chi connectivity index (χ0v) is 12.8. The van der Waals surface area contributed by atoms with Crippen LogP contribution in [0.3, 0.4) is 0 Å². The fourth-order valence-corrected chi connectivity index (χ4v) is 2.66. The number of ether oxygens (including phenoxy) is 2. The van der Waals surface area contributed by atoms with Crippen LogP contribution >= 0.6 is 22.6 Å². The van der Waals surface area contributed by atoms with Crippen molar-refractivity contribution in [3.8, 4) is 0 Å². The lowest BCUT2D eigenvalue weighted by Crippen LogP contribution is -2.36. The molecule has 5 heteroatoms. The average molecular weight is 353 g/mol. The predicted octanol–water partition coefficient (Wildman–Crippen LogP) is 2.59. The topological polar surface area (TPSA) is 38.8 Å². The van der Waals surface area contributed by atoms with Crippen LogP contribution in [0.1, 0.15) is 33.6 Å². The minimum Gasteiger partial charge on any atom is -0.444 e. The first-order valence-electron chi connectivity index (χ1n) is 6.12. The molecule has 2 aliphatic rings. The van der Waals surface area contributed by atoms with Crippen LogP contribution in [0, 0.1) is 0 Å². The van der Waals surface area contributed by atoms with Crippen LogP contribution in [0.4, 0.5) is 4.79 Å². The Morgan fingerprint density at radius 3 is 2.47 bits per heavy atom. The molecule has 1 heterocycles. The molecule has 2 atom stereocenters. The molecule has 2 unspecified atom stereocenters. The van der Waals surface area contributed by atoms with Crippen molar-refractivity contribution in [1.82, 2.24) is 4.90 Å². The van der Waals surface area contributed by atoms with Crippen molar-refractivity contribution in [2.75, 3.05) is 13.1 Å². The maximum atomic E-state index is 11.9. The normalized spacial score (nSPS) is 29.5. The summed E-state index contributed by atoms with van der Waals surface area (Å²) in [5.41, 5.74) is -0.423. The third kappa shape index (κ3) is 3.98. The molecule has 0 bridgehead atoms. The standard InChI is InChI=1S/C12H20INO3/c1-12(2,3)17-11(15)14-6-9(13)10(7-14)16-8-4-5-8/h8-10H,4-7H2,1-3H3. The maximum absolute atomic E-state index is 11.9. The van der Waals surface area contributed by atoms with Crippen molar-refractivity contribution in [2.45, 2.75) is 55.3 Å². The highest BCUT2D eigenvalue weighted by molar-refractivity contribution is 14.1. The molecule has 1 saturated carbocycles. The fourth-order valence-electron chi connectivity index (χ4n) is 1.79. The SMILES string of the molecule is CC(C)(C)OC(=O)N1CC(I)C(OC2CC2)C1. The Hall–Kier alpha value is -0.0400. The van der Waals surface area contributed by atoms with Crippen molar-refractivity contribution < 1.29 is 14.3 Å². The summed E-state index contributed by atoms with van der Waals surface area (Å²) < 4.78 is 11.6. The molecule has 0 aromatic carbocycles. The van der Waals surface area contributed by atoms with Gasteiger partial charge in [-0.05, 0) is 33.6 Å². The van der Waals surface area contributed by atoms with Gasteiger partial charge in [0, 0.05) is 6.54 Å². The van der Waals surface area contributed by atoms with Crippen molar-refractivity contribution in [3.05, 3.63) is 0 Å². The van der Waals surface area contributed by atoms with Gasteiger partial charge in [0.2, 0.25) is 0 Å². The van der Waals surface area contributed by atoms with E-state index in [1.165, 1.54) is 12.8 Å². The average Bonchev–Trinajstić information content (AvgIpc) is 2.89. The molecular weight excluding hydrogens is 333 g/mol. The Labute approximate surface area is 116 Å². The highest BCUT2D eigenvalue weighted by atomic mass is 127. The first-order valence-corrected chi connectivity index (χ1v) is 7.37. The van der Waals surface area contributed by atoms with E-state index in [-0.39, 0.29) is 12.2 Å². The van der Waals surface area contributed by atoms with Gasteiger partial charge in [0.25, 0.3) is 0 Å². The highest BCUT2D eigenvalue weighted by Gasteiger charge is 2.39. The predicted molar refractivity (Wildman–Crippen MR) is 73.5 cm³/mol. The smallest absolute Gasteiger partial charge is 0.410 e. The van der Waals surface area contributed by atoms with E-state index in [0.29, 0.717) is 16.6 Å². The Morgan fingerprint density at radius 2 is 1.94 bits per heavy atom. The molecule has 1 aliphatic carbocycles. The zero-order chi connectivity index (χ0) is 12.6. The molecule has 0 aromatic rings. The number of amides is 1. The van der Waals surface area contributed by atoms with Gasteiger partial charge in [-0.15, -0.1) is 0 Å². The van der Waals surface area contributed by atoms with Crippen LogP contribution in [0.15, 0.2) is 0 Å². The third-order valence-electron chi connectivity index (χ3n) is 2.74. The molecule has 1 aliphatic heterocycles. The van der Waals surface area contributed by atoms with E-state index < -0.39 is 5.60 Å². The van der Waals surface area contributed by atoms with Crippen molar-refractivity contribution in [3.63, 3.8) is 0 Å². The van der Waals surface area contributed by atoms with Gasteiger partial charge in [-0.25, -0.2) is 4.79 Å². The van der Waals surface area contributed by atoms with Gasteiger partial charge in [-0.1, -0.05) is 22.6 Å². The van der Waals surface area contributed by atoms with Gasteiger partial charge >= 0.3 is 6.09 Å². The van der Waals surface area contributed by atoms with Gasteiger partial charge in [0.1, 0.15) is 5.60 Å².